The van der Waals surface area contributed by atoms with Crippen molar-refractivity contribution in [3.63, 3.8) is 0 Å². The first-order chi connectivity index (χ1) is 18.7. The second-order valence-electron chi connectivity index (χ2n) is 9.79. The molecular weight excluding hydrogens is 505 g/mol. The fraction of sp³-hybridized carbons (Fsp3) is 0.267. The molecule has 2 amide bonds. The number of nitrogens with zero attached hydrogens (tertiary/aromatic N) is 3. The van der Waals surface area contributed by atoms with Crippen LogP contribution < -0.4 is 5.32 Å². The van der Waals surface area contributed by atoms with Crippen molar-refractivity contribution >= 4 is 44.8 Å². The SMILES string of the molecule is C=C.Cn1cc(C2=C(c3cn(C4CCN(CC(F)(F)F)CC4)c4ccccc34)C(=O)NC2=O)c2ccccc21. The fourth-order valence-electron chi connectivity index (χ4n) is 5.83. The third-order valence-corrected chi connectivity index (χ3v) is 7.46. The lowest BCUT2D eigenvalue weighted by molar-refractivity contribution is -0.148. The van der Waals surface area contributed by atoms with Crippen molar-refractivity contribution in [1.29, 1.82) is 0 Å². The predicted molar refractivity (Wildman–Crippen MR) is 147 cm³/mol. The van der Waals surface area contributed by atoms with Crippen LogP contribution in [0.15, 0.2) is 74.1 Å². The zero-order valence-corrected chi connectivity index (χ0v) is 21.6. The molecule has 2 aromatic heterocycles. The van der Waals surface area contributed by atoms with Crippen molar-refractivity contribution in [2.75, 3.05) is 19.6 Å². The summed E-state index contributed by atoms with van der Waals surface area (Å²) in [6, 6.07) is 15.4. The molecule has 1 fully saturated rings. The molecule has 6 nitrogen and oxygen atoms in total. The van der Waals surface area contributed by atoms with E-state index in [0.717, 1.165) is 21.8 Å². The van der Waals surface area contributed by atoms with Crippen LogP contribution in [0.5, 0.6) is 0 Å². The summed E-state index contributed by atoms with van der Waals surface area (Å²) in [5.74, 6) is -0.885. The number of piperidine rings is 1. The molecule has 4 aromatic rings. The van der Waals surface area contributed by atoms with E-state index in [-0.39, 0.29) is 6.04 Å². The summed E-state index contributed by atoms with van der Waals surface area (Å²) in [6.45, 7) is 5.78. The van der Waals surface area contributed by atoms with Crippen molar-refractivity contribution in [2.45, 2.75) is 25.1 Å². The molecule has 2 aliphatic rings. The molecule has 4 heterocycles. The average Bonchev–Trinajstić information content (AvgIpc) is 3.55. The lowest BCUT2D eigenvalue weighted by Crippen LogP contribution is -2.40. The summed E-state index contributed by atoms with van der Waals surface area (Å²) in [7, 11) is 1.90. The number of fused-ring (bicyclic) bond motifs is 2. The summed E-state index contributed by atoms with van der Waals surface area (Å²) in [4.78, 5) is 27.7. The number of halogens is 3. The Labute approximate surface area is 224 Å². The van der Waals surface area contributed by atoms with E-state index in [2.05, 4.69) is 23.0 Å². The van der Waals surface area contributed by atoms with E-state index in [1.807, 2.05) is 72.5 Å². The normalized spacial score (nSPS) is 17.1. The van der Waals surface area contributed by atoms with E-state index in [1.54, 1.807) is 0 Å². The molecule has 39 heavy (non-hydrogen) atoms. The van der Waals surface area contributed by atoms with Gasteiger partial charge in [0.25, 0.3) is 11.8 Å². The van der Waals surface area contributed by atoms with Crippen LogP contribution in [0, 0.1) is 0 Å². The highest BCUT2D eigenvalue weighted by Gasteiger charge is 2.36. The molecule has 6 rings (SSSR count). The number of para-hydroxylation sites is 2. The van der Waals surface area contributed by atoms with Crippen LogP contribution in [0.3, 0.4) is 0 Å². The number of benzene rings is 2. The van der Waals surface area contributed by atoms with Crippen molar-refractivity contribution in [3.05, 3.63) is 85.2 Å². The fourth-order valence-corrected chi connectivity index (χ4v) is 5.83. The number of amides is 2. The maximum atomic E-state index is 13.2. The van der Waals surface area contributed by atoms with Crippen molar-refractivity contribution in [1.82, 2.24) is 19.4 Å². The smallest absolute Gasteiger partial charge is 0.350 e. The number of rotatable bonds is 4. The number of aryl methyl sites for hydroxylation is 1. The van der Waals surface area contributed by atoms with E-state index in [9.17, 15) is 22.8 Å². The maximum absolute atomic E-state index is 13.2. The van der Waals surface area contributed by atoms with Crippen molar-refractivity contribution in [2.24, 2.45) is 7.05 Å². The van der Waals surface area contributed by atoms with Gasteiger partial charge in [-0.2, -0.15) is 13.2 Å². The van der Waals surface area contributed by atoms with Gasteiger partial charge in [-0.25, -0.2) is 0 Å². The molecule has 1 N–H and O–H groups in total. The molecule has 0 atom stereocenters. The molecule has 0 bridgehead atoms. The molecule has 0 unspecified atom stereocenters. The minimum absolute atomic E-state index is 0.00935. The van der Waals surface area contributed by atoms with Gasteiger partial charge in [-0.3, -0.25) is 19.8 Å². The minimum Gasteiger partial charge on any atom is -0.350 e. The third kappa shape index (κ3) is 4.78. The minimum atomic E-state index is -4.22. The quantitative estimate of drug-likeness (QED) is 0.270. The number of hydrogen-bond acceptors (Lipinski definition) is 3. The third-order valence-electron chi connectivity index (χ3n) is 7.46. The van der Waals surface area contributed by atoms with E-state index >= 15 is 0 Å². The Morgan fingerprint density at radius 3 is 1.95 bits per heavy atom. The van der Waals surface area contributed by atoms with Crippen LogP contribution in [0.2, 0.25) is 0 Å². The monoisotopic (exact) mass is 534 g/mol. The Hall–Kier alpha value is -4.11. The highest BCUT2D eigenvalue weighted by Crippen LogP contribution is 2.40. The number of carbonyl (C=O) groups excluding carboxylic acids is 2. The summed E-state index contributed by atoms with van der Waals surface area (Å²) in [5, 5.41) is 4.19. The Morgan fingerprint density at radius 2 is 1.36 bits per heavy atom. The second-order valence-corrected chi connectivity index (χ2v) is 9.79. The molecular formula is C30H29F3N4O2. The largest absolute Gasteiger partial charge is 0.401 e. The van der Waals surface area contributed by atoms with Gasteiger partial charge in [0.05, 0.1) is 17.7 Å². The Balaban J connectivity index is 0.00000151. The van der Waals surface area contributed by atoms with Gasteiger partial charge >= 0.3 is 6.18 Å². The number of likely N-dealkylation sites (tertiary alicyclic amines) is 1. The van der Waals surface area contributed by atoms with Gasteiger partial charge in [0.1, 0.15) is 0 Å². The second kappa shape index (κ2) is 10.2. The molecule has 2 aliphatic heterocycles. The lowest BCUT2D eigenvalue weighted by atomic mass is 9.95. The molecule has 0 aliphatic carbocycles. The number of alkyl halides is 3. The molecule has 0 radical (unpaired) electrons. The molecule has 1 saturated heterocycles. The molecule has 202 valence electrons. The summed E-state index contributed by atoms with van der Waals surface area (Å²) in [6.07, 6.45) is 0.678. The van der Waals surface area contributed by atoms with Crippen molar-refractivity contribution in [3.8, 4) is 0 Å². The zero-order chi connectivity index (χ0) is 27.9. The highest BCUT2D eigenvalue weighted by atomic mass is 19.4. The van der Waals surface area contributed by atoms with E-state index in [4.69, 9.17) is 0 Å². The van der Waals surface area contributed by atoms with E-state index < -0.39 is 24.5 Å². The van der Waals surface area contributed by atoms with Crippen LogP contribution in [-0.2, 0) is 16.6 Å². The van der Waals surface area contributed by atoms with E-state index in [1.165, 1.54) is 4.90 Å². The number of carbonyl (C=O) groups is 2. The number of nitrogens with one attached hydrogen (secondary N) is 1. The highest BCUT2D eigenvalue weighted by molar-refractivity contribution is 6.50. The molecule has 9 heteroatoms. The van der Waals surface area contributed by atoms with Crippen LogP contribution in [-0.4, -0.2) is 51.7 Å². The van der Waals surface area contributed by atoms with Gasteiger partial charge in [-0.15, -0.1) is 13.2 Å². The Kier molecular flexibility index (Phi) is 6.94. The van der Waals surface area contributed by atoms with Crippen LogP contribution in [0.25, 0.3) is 33.0 Å². The van der Waals surface area contributed by atoms with Gasteiger partial charge in [0.15, 0.2) is 0 Å². The lowest BCUT2D eigenvalue weighted by Gasteiger charge is -2.33. The standard InChI is InChI=1S/C28H25F3N4O2.C2H4/c1-33-14-20(18-6-2-4-8-22(18)33)24-25(27(37)32-26(24)36)21-15-35(23-9-5-3-7-19(21)23)17-10-12-34(13-11-17)16-28(29,30)31;1-2/h2-9,14-15,17H,10-13,16H2,1H3,(H,32,36,37);1-2H2. The Morgan fingerprint density at radius 1 is 0.846 bits per heavy atom. The van der Waals surface area contributed by atoms with Crippen LogP contribution in [0.1, 0.15) is 30.0 Å². The summed E-state index contributed by atoms with van der Waals surface area (Å²) < 4.78 is 42.6. The van der Waals surface area contributed by atoms with Gasteiger partial charge in [-0.05, 0) is 25.0 Å². The van der Waals surface area contributed by atoms with Crippen LogP contribution >= 0.6 is 0 Å². The van der Waals surface area contributed by atoms with Gasteiger partial charge in [0, 0.05) is 71.5 Å². The summed E-state index contributed by atoms with van der Waals surface area (Å²) >= 11 is 0. The number of imide groups is 1. The summed E-state index contributed by atoms with van der Waals surface area (Å²) in [5.41, 5.74) is 3.84. The predicted octanol–water partition coefficient (Wildman–Crippen LogP) is 5.70. The maximum Gasteiger partial charge on any atom is 0.401 e. The molecule has 0 spiro atoms. The van der Waals surface area contributed by atoms with Gasteiger partial charge < -0.3 is 9.13 Å². The van der Waals surface area contributed by atoms with Gasteiger partial charge in [0.2, 0.25) is 0 Å². The zero-order valence-electron chi connectivity index (χ0n) is 21.6. The molecule has 2 aromatic carbocycles. The van der Waals surface area contributed by atoms with Gasteiger partial charge in [-0.1, -0.05) is 36.4 Å². The first-order valence-electron chi connectivity index (χ1n) is 12.7. The molecule has 0 saturated carbocycles. The van der Waals surface area contributed by atoms with E-state index in [0.29, 0.717) is 48.2 Å². The first kappa shape index (κ1) is 26.5. The number of aromatic nitrogens is 2. The number of hydrogen-bond donors (Lipinski definition) is 1. The Bertz CT molecular complexity index is 1600. The average molecular weight is 535 g/mol. The van der Waals surface area contributed by atoms with Crippen LogP contribution in [0.4, 0.5) is 13.2 Å². The van der Waals surface area contributed by atoms with Crippen molar-refractivity contribution < 1.29 is 22.8 Å². The first-order valence-corrected chi connectivity index (χ1v) is 12.7. The topological polar surface area (TPSA) is 59.3 Å².